The third-order valence-corrected chi connectivity index (χ3v) is 3.84. The number of aromatic amines is 1. The fourth-order valence-corrected chi connectivity index (χ4v) is 2.59. The molecule has 0 unspecified atom stereocenters. The predicted octanol–water partition coefficient (Wildman–Crippen LogP) is 3.07. The Kier molecular flexibility index (Phi) is 6.33. The summed E-state index contributed by atoms with van der Waals surface area (Å²) in [5.74, 6) is -0.0391. The first kappa shape index (κ1) is 18.3. The summed E-state index contributed by atoms with van der Waals surface area (Å²) in [6.07, 6.45) is 3.28. The molecule has 0 aliphatic carbocycles. The molecule has 0 bridgehead atoms. The van der Waals surface area contributed by atoms with E-state index in [1.807, 2.05) is 24.3 Å². The standard InChI is InChI=1S/C19H20N4O2/c1-2-3-4-8-25-12-13-6-5-7-14(9-13)17-15(10-20)18(22)23-19(24)16(17)11-21/h5-7,9H,2-4,8,12H2,1H3,(H3,22,23,24). The van der Waals surface area contributed by atoms with Crippen molar-refractivity contribution in [3.63, 3.8) is 0 Å². The van der Waals surface area contributed by atoms with Crippen LogP contribution in [0, 0.1) is 22.7 Å². The third-order valence-electron chi connectivity index (χ3n) is 3.84. The van der Waals surface area contributed by atoms with Gasteiger partial charge in [0.1, 0.15) is 29.1 Å². The topological polar surface area (TPSA) is 116 Å². The van der Waals surface area contributed by atoms with Crippen LogP contribution >= 0.6 is 0 Å². The SMILES string of the molecule is CCCCCOCc1cccc(-c2c(C#N)c(N)[nH]c(=O)c2C#N)c1. The molecule has 3 N–H and O–H groups in total. The summed E-state index contributed by atoms with van der Waals surface area (Å²) in [7, 11) is 0. The van der Waals surface area contributed by atoms with Crippen molar-refractivity contribution >= 4 is 5.82 Å². The zero-order chi connectivity index (χ0) is 18.2. The number of nitrogens with zero attached hydrogens (tertiary/aromatic N) is 2. The normalized spacial score (nSPS) is 10.2. The van der Waals surface area contributed by atoms with Gasteiger partial charge in [-0.3, -0.25) is 4.79 Å². The van der Waals surface area contributed by atoms with E-state index in [1.165, 1.54) is 0 Å². The van der Waals surface area contributed by atoms with Crippen molar-refractivity contribution in [3.05, 3.63) is 51.3 Å². The molecular weight excluding hydrogens is 316 g/mol. The molecule has 0 aliphatic heterocycles. The molecule has 25 heavy (non-hydrogen) atoms. The van der Waals surface area contributed by atoms with E-state index in [-0.39, 0.29) is 22.5 Å². The van der Waals surface area contributed by atoms with Crippen LogP contribution in [0.25, 0.3) is 11.1 Å². The second kappa shape index (κ2) is 8.68. The molecule has 0 aliphatic rings. The smallest absolute Gasteiger partial charge is 0.268 e. The Morgan fingerprint density at radius 1 is 1.20 bits per heavy atom. The maximum absolute atomic E-state index is 12.0. The summed E-state index contributed by atoms with van der Waals surface area (Å²) in [6.45, 7) is 3.25. The quantitative estimate of drug-likeness (QED) is 0.754. The molecule has 0 amide bonds. The predicted molar refractivity (Wildman–Crippen MR) is 95.5 cm³/mol. The van der Waals surface area contributed by atoms with Gasteiger partial charge in [0.2, 0.25) is 0 Å². The second-order valence-corrected chi connectivity index (χ2v) is 5.68. The Labute approximate surface area is 146 Å². The zero-order valence-electron chi connectivity index (χ0n) is 14.1. The van der Waals surface area contributed by atoms with Crippen LogP contribution in [0.3, 0.4) is 0 Å². The van der Waals surface area contributed by atoms with Gasteiger partial charge in [0.15, 0.2) is 0 Å². The largest absolute Gasteiger partial charge is 0.384 e. The highest BCUT2D eigenvalue weighted by Crippen LogP contribution is 2.28. The maximum atomic E-state index is 12.0. The molecule has 0 atom stereocenters. The summed E-state index contributed by atoms with van der Waals surface area (Å²) >= 11 is 0. The van der Waals surface area contributed by atoms with Gasteiger partial charge in [0, 0.05) is 12.2 Å². The lowest BCUT2D eigenvalue weighted by molar-refractivity contribution is 0.117. The number of rotatable bonds is 7. The number of unbranched alkanes of at least 4 members (excludes halogenated alkanes) is 2. The van der Waals surface area contributed by atoms with E-state index in [0.717, 1.165) is 24.8 Å². The number of nitrogens with one attached hydrogen (secondary N) is 1. The maximum Gasteiger partial charge on any atom is 0.268 e. The highest BCUT2D eigenvalue weighted by molar-refractivity contribution is 5.80. The molecule has 6 nitrogen and oxygen atoms in total. The van der Waals surface area contributed by atoms with Crippen LogP contribution < -0.4 is 11.3 Å². The van der Waals surface area contributed by atoms with E-state index in [4.69, 9.17) is 10.5 Å². The van der Waals surface area contributed by atoms with Crippen LogP contribution in [0.2, 0.25) is 0 Å². The summed E-state index contributed by atoms with van der Waals surface area (Å²) < 4.78 is 5.65. The summed E-state index contributed by atoms with van der Waals surface area (Å²) in [6, 6.07) is 11.1. The number of hydrogen-bond acceptors (Lipinski definition) is 5. The Hall–Kier alpha value is -3.09. The van der Waals surface area contributed by atoms with E-state index < -0.39 is 5.56 Å². The van der Waals surface area contributed by atoms with Gasteiger partial charge in [0.05, 0.1) is 6.61 Å². The van der Waals surface area contributed by atoms with E-state index in [0.29, 0.717) is 18.8 Å². The van der Waals surface area contributed by atoms with Crippen LogP contribution in [0.5, 0.6) is 0 Å². The molecule has 0 fully saturated rings. The Bertz CT molecular complexity index is 888. The van der Waals surface area contributed by atoms with Crippen molar-refractivity contribution in [2.45, 2.75) is 32.8 Å². The minimum atomic E-state index is -0.602. The Morgan fingerprint density at radius 3 is 2.64 bits per heavy atom. The molecule has 2 aromatic rings. The number of pyridine rings is 1. The fraction of sp³-hybridized carbons (Fsp3) is 0.316. The van der Waals surface area contributed by atoms with Crippen molar-refractivity contribution in [1.82, 2.24) is 4.98 Å². The van der Waals surface area contributed by atoms with Gasteiger partial charge in [-0.1, -0.05) is 38.0 Å². The van der Waals surface area contributed by atoms with E-state index in [1.54, 1.807) is 12.1 Å². The van der Waals surface area contributed by atoms with Crippen molar-refractivity contribution in [2.24, 2.45) is 0 Å². The van der Waals surface area contributed by atoms with Crippen molar-refractivity contribution in [2.75, 3.05) is 12.3 Å². The Balaban J connectivity index is 2.37. The fourth-order valence-electron chi connectivity index (χ4n) is 2.59. The number of H-pyrrole nitrogens is 1. The van der Waals surface area contributed by atoms with Crippen LogP contribution in [-0.4, -0.2) is 11.6 Å². The van der Waals surface area contributed by atoms with Crippen LogP contribution in [0.15, 0.2) is 29.1 Å². The molecule has 1 aromatic heterocycles. The lowest BCUT2D eigenvalue weighted by Crippen LogP contribution is -2.16. The van der Waals surface area contributed by atoms with Gasteiger partial charge in [-0.25, -0.2) is 0 Å². The third kappa shape index (κ3) is 4.26. The second-order valence-electron chi connectivity index (χ2n) is 5.68. The van der Waals surface area contributed by atoms with Crippen molar-refractivity contribution < 1.29 is 4.74 Å². The highest BCUT2D eigenvalue weighted by atomic mass is 16.5. The Morgan fingerprint density at radius 2 is 1.96 bits per heavy atom. The number of hydrogen-bond donors (Lipinski definition) is 2. The molecule has 0 spiro atoms. The number of nitriles is 2. The number of anilines is 1. The van der Waals surface area contributed by atoms with Crippen molar-refractivity contribution in [1.29, 1.82) is 10.5 Å². The van der Waals surface area contributed by atoms with E-state index in [2.05, 4.69) is 11.9 Å². The van der Waals surface area contributed by atoms with Gasteiger partial charge in [-0.15, -0.1) is 0 Å². The molecule has 1 aromatic carbocycles. The van der Waals surface area contributed by atoms with Gasteiger partial charge < -0.3 is 15.5 Å². The van der Waals surface area contributed by atoms with Gasteiger partial charge in [0.25, 0.3) is 5.56 Å². The van der Waals surface area contributed by atoms with Gasteiger partial charge in [-0.2, -0.15) is 10.5 Å². The molecular formula is C19H20N4O2. The molecule has 128 valence electrons. The summed E-state index contributed by atoms with van der Waals surface area (Å²) in [4.78, 5) is 14.3. The highest BCUT2D eigenvalue weighted by Gasteiger charge is 2.18. The van der Waals surface area contributed by atoms with Crippen molar-refractivity contribution in [3.8, 4) is 23.3 Å². The number of benzene rings is 1. The van der Waals surface area contributed by atoms with Crippen LogP contribution in [0.1, 0.15) is 42.9 Å². The monoisotopic (exact) mass is 336 g/mol. The number of nitrogens with two attached hydrogens (primary N) is 1. The lowest BCUT2D eigenvalue weighted by atomic mass is 9.95. The summed E-state index contributed by atoms with van der Waals surface area (Å²) in [5, 5.41) is 18.7. The molecule has 6 heteroatoms. The first-order valence-corrected chi connectivity index (χ1v) is 8.15. The number of aromatic nitrogens is 1. The summed E-state index contributed by atoms with van der Waals surface area (Å²) in [5.41, 5.74) is 6.88. The average molecular weight is 336 g/mol. The zero-order valence-corrected chi connectivity index (χ0v) is 14.1. The van der Waals surface area contributed by atoms with Gasteiger partial charge >= 0.3 is 0 Å². The number of ether oxygens (including phenoxy) is 1. The van der Waals surface area contributed by atoms with Gasteiger partial charge in [-0.05, 0) is 23.6 Å². The van der Waals surface area contributed by atoms with E-state index >= 15 is 0 Å². The first-order valence-electron chi connectivity index (χ1n) is 8.15. The first-order chi connectivity index (χ1) is 12.1. The molecule has 0 radical (unpaired) electrons. The minimum absolute atomic E-state index is 0.0391. The lowest BCUT2D eigenvalue weighted by Gasteiger charge is -2.10. The number of nitrogen functional groups attached to an aromatic ring is 1. The molecule has 0 saturated heterocycles. The van der Waals surface area contributed by atoms with Crippen LogP contribution in [-0.2, 0) is 11.3 Å². The molecule has 1 heterocycles. The average Bonchev–Trinajstić information content (AvgIpc) is 2.61. The molecule has 0 saturated carbocycles. The molecule has 2 rings (SSSR count). The van der Waals surface area contributed by atoms with E-state index in [9.17, 15) is 15.3 Å². The minimum Gasteiger partial charge on any atom is -0.384 e. The van der Waals surface area contributed by atoms with Crippen LogP contribution in [0.4, 0.5) is 5.82 Å².